The van der Waals surface area contributed by atoms with Crippen LogP contribution in [0.5, 0.6) is 0 Å². The number of carbonyl (C=O) groups excluding carboxylic acids is 4. The Kier molecular flexibility index (Phi) is 6.05. The zero-order valence-electron chi connectivity index (χ0n) is 17.6. The molecule has 2 aliphatic rings. The molecule has 1 atom stereocenters. The largest absolute Gasteiger partial charge is 0.416 e. The summed E-state index contributed by atoms with van der Waals surface area (Å²) >= 11 is 0. The minimum atomic E-state index is -4.41. The molecule has 0 radical (unpaired) electrons. The summed E-state index contributed by atoms with van der Waals surface area (Å²) in [4.78, 5) is 50.0. The second-order valence-corrected chi connectivity index (χ2v) is 8.30. The first-order chi connectivity index (χ1) is 15.6. The average molecular weight is 458 g/mol. The smallest absolute Gasteiger partial charge is 0.322 e. The van der Waals surface area contributed by atoms with Gasteiger partial charge in [-0.1, -0.05) is 24.3 Å². The van der Waals surface area contributed by atoms with Gasteiger partial charge in [-0.05, 0) is 47.7 Å². The highest BCUT2D eigenvalue weighted by Crippen LogP contribution is 2.30. The maximum atomic E-state index is 12.7. The van der Waals surface area contributed by atoms with E-state index in [1.165, 1.54) is 17.0 Å². The SMILES string of the molecule is O=C(CCc1ccc2c(c1)CN(C1CCC(=O)NC1=O)C2=O)Cc1ccc(C(F)(F)F)cc1. The zero-order chi connectivity index (χ0) is 23.8. The minimum absolute atomic E-state index is 0.0465. The lowest BCUT2D eigenvalue weighted by atomic mass is 9.99. The molecular weight excluding hydrogens is 437 g/mol. The quantitative estimate of drug-likeness (QED) is 0.674. The number of amides is 3. The molecule has 0 saturated carbocycles. The maximum absolute atomic E-state index is 12.7. The number of rotatable bonds is 6. The number of nitrogens with one attached hydrogen (secondary N) is 1. The molecule has 6 nitrogen and oxygen atoms in total. The van der Waals surface area contributed by atoms with Gasteiger partial charge in [0.2, 0.25) is 11.8 Å². The third kappa shape index (κ3) is 4.97. The molecule has 4 rings (SSSR count). The number of Topliss-reactive ketones (excluding diaryl/α,β-unsaturated/α-hetero) is 1. The highest BCUT2D eigenvalue weighted by atomic mass is 19.4. The van der Waals surface area contributed by atoms with E-state index in [0.29, 0.717) is 17.5 Å². The standard InChI is InChI=1S/C24H21F3N2O4/c25-24(26,27)17-5-1-15(2-6-17)12-18(30)7-3-14-4-8-19-16(11-14)13-29(23(19)33)20-9-10-21(31)28-22(20)32/h1-2,4-6,8,11,20H,3,7,9-10,12-13H2,(H,28,31,32). The molecule has 0 bridgehead atoms. The summed E-state index contributed by atoms with van der Waals surface area (Å²) < 4.78 is 37.9. The Bertz CT molecular complexity index is 1130. The number of benzene rings is 2. The van der Waals surface area contributed by atoms with Crippen molar-refractivity contribution < 1.29 is 32.3 Å². The molecule has 1 unspecified atom stereocenters. The van der Waals surface area contributed by atoms with Gasteiger partial charge in [0.05, 0.1) is 5.56 Å². The number of aryl methyl sites for hydroxylation is 1. The molecule has 2 aromatic carbocycles. The predicted octanol–water partition coefficient (Wildman–Crippen LogP) is 3.21. The number of carbonyl (C=O) groups is 4. The third-order valence-corrected chi connectivity index (χ3v) is 5.96. The Morgan fingerprint density at radius 3 is 2.39 bits per heavy atom. The first-order valence-corrected chi connectivity index (χ1v) is 10.6. The summed E-state index contributed by atoms with van der Waals surface area (Å²) in [5.41, 5.74) is 1.88. The van der Waals surface area contributed by atoms with Crippen LogP contribution in [0.1, 0.15) is 51.9 Å². The fourth-order valence-electron chi connectivity index (χ4n) is 4.19. The van der Waals surface area contributed by atoms with Gasteiger partial charge < -0.3 is 4.90 Å². The molecule has 3 amide bonds. The van der Waals surface area contributed by atoms with Crippen LogP contribution in [0.2, 0.25) is 0 Å². The maximum Gasteiger partial charge on any atom is 0.416 e. The van der Waals surface area contributed by atoms with Crippen molar-refractivity contribution in [1.82, 2.24) is 10.2 Å². The van der Waals surface area contributed by atoms with Crippen molar-refractivity contribution in [3.8, 4) is 0 Å². The van der Waals surface area contributed by atoms with Crippen molar-refractivity contribution in [3.63, 3.8) is 0 Å². The lowest BCUT2D eigenvalue weighted by molar-refractivity contribution is -0.138. The van der Waals surface area contributed by atoms with Crippen molar-refractivity contribution in [2.75, 3.05) is 0 Å². The van der Waals surface area contributed by atoms with Crippen LogP contribution in [0, 0.1) is 0 Å². The number of alkyl halides is 3. The number of hydrogen-bond acceptors (Lipinski definition) is 4. The van der Waals surface area contributed by atoms with Gasteiger partial charge in [-0.15, -0.1) is 0 Å². The molecule has 1 saturated heterocycles. The minimum Gasteiger partial charge on any atom is -0.322 e. The van der Waals surface area contributed by atoms with Gasteiger partial charge in [0.25, 0.3) is 5.91 Å². The molecule has 2 aromatic rings. The second kappa shape index (κ2) is 8.80. The van der Waals surface area contributed by atoms with Gasteiger partial charge in [0, 0.05) is 31.4 Å². The van der Waals surface area contributed by atoms with E-state index in [4.69, 9.17) is 0 Å². The zero-order valence-corrected chi connectivity index (χ0v) is 17.6. The molecule has 0 aromatic heterocycles. The first kappa shape index (κ1) is 22.7. The predicted molar refractivity (Wildman–Crippen MR) is 111 cm³/mol. The van der Waals surface area contributed by atoms with E-state index < -0.39 is 23.7 Å². The molecule has 0 aliphatic carbocycles. The van der Waals surface area contributed by atoms with Crippen LogP contribution in [0.15, 0.2) is 42.5 Å². The summed E-state index contributed by atoms with van der Waals surface area (Å²) in [5.74, 6) is -1.17. The lowest BCUT2D eigenvalue weighted by Crippen LogP contribution is -2.52. The Labute approximate surface area is 187 Å². The normalized spacial score (nSPS) is 18.3. The summed E-state index contributed by atoms with van der Waals surface area (Å²) in [7, 11) is 0. The van der Waals surface area contributed by atoms with Crippen molar-refractivity contribution in [3.05, 3.63) is 70.3 Å². The number of hydrogen-bond donors (Lipinski definition) is 1. The molecule has 172 valence electrons. The van der Waals surface area contributed by atoms with E-state index in [2.05, 4.69) is 5.32 Å². The van der Waals surface area contributed by atoms with Crippen LogP contribution in [0.25, 0.3) is 0 Å². The van der Waals surface area contributed by atoms with Crippen LogP contribution in [-0.4, -0.2) is 34.4 Å². The highest BCUT2D eigenvalue weighted by molar-refractivity contribution is 6.05. The van der Waals surface area contributed by atoms with Gasteiger partial charge in [-0.25, -0.2) is 0 Å². The summed E-state index contributed by atoms with van der Waals surface area (Å²) in [6.45, 7) is 0.258. The molecule has 1 N–H and O–H groups in total. The number of imide groups is 1. The number of piperidine rings is 1. The fraction of sp³-hybridized carbons (Fsp3) is 0.333. The summed E-state index contributed by atoms with van der Waals surface area (Å²) in [6.07, 6.45) is -3.25. The number of halogens is 3. The van der Waals surface area contributed by atoms with E-state index >= 15 is 0 Å². The highest BCUT2D eigenvalue weighted by Gasteiger charge is 2.39. The summed E-state index contributed by atoms with van der Waals surface area (Å²) in [5, 5.41) is 2.26. The van der Waals surface area contributed by atoms with E-state index in [1.807, 2.05) is 6.07 Å². The van der Waals surface area contributed by atoms with Crippen LogP contribution >= 0.6 is 0 Å². The van der Waals surface area contributed by atoms with Crippen LogP contribution in [0.3, 0.4) is 0 Å². The fourth-order valence-corrected chi connectivity index (χ4v) is 4.19. The molecule has 2 heterocycles. The topological polar surface area (TPSA) is 83.6 Å². The van der Waals surface area contributed by atoms with Crippen molar-refractivity contribution in [1.29, 1.82) is 0 Å². The molecular formula is C24H21F3N2O4. The van der Waals surface area contributed by atoms with Crippen LogP contribution in [0.4, 0.5) is 13.2 Å². The Balaban J connectivity index is 1.35. The first-order valence-electron chi connectivity index (χ1n) is 10.6. The Hall–Kier alpha value is -3.49. The van der Waals surface area contributed by atoms with E-state index in [9.17, 15) is 32.3 Å². The van der Waals surface area contributed by atoms with Gasteiger partial charge in [-0.2, -0.15) is 13.2 Å². The van der Waals surface area contributed by atoms with E-state index in [1.54, 1.807) is 12.1 Å². The van der Waals surface area contributed by atoms with Crippen molar-refractivity contribution >= 4 is 23.5 Å². The summed E-state index contributed by atoms with van der Waals surface area (Å²) in [6, 6.07) is 9.15. The van der Waals surface area contributed by atoms with Gasteiger partial charge in [-0.3, -0.25) is 24.5 Å². The average Bonchev–Trinajstić information content (AvgIpc) is 3.07. The number of nitrogens with zero attached hydrogens (tertiary/aromatic N) is 1. The van der Waals surface area contributed by atoms with Crippen molar-refractivity contribution in [2.24, 2.45) is 0 Å². The lowest BCUT2D eigenvalue weighted by Gasteiger charge is -2.29. The molecule has 1 fully saturated rings. The monoisotopic (exact) mass is 458 g/mol. The van der Waals surface area contributed by atoms with Crippen LogP contribution in [-0.2, 0) is 39.9 Å². The van der Waals surface area contributed by atoms with Gasteiger partial charge >= 0.3 is 6.18 Å². The Morgan fingerprint density at radius 1 is 1.03 bits per heavy atom. The third-order valence-electron chi connectivity index (χ3n) is 5.96. The molecule has 33 heavy (non-hydrogen) atoms. The number of fused-ring (bicyclic) bond motifs is 1. The second-order valence-electron chi connectivity index (χ2n) is 8.30. The van der Waals surface area contributed by atoms with E-state index in [-0.39, 0.29) is 49.8 Å². The van der Waals surface area contributed by atoms with Crippen LogP contribution < -0.4 is 5.32 Å². The van der Waals surface area contributed by atoms with Crippen molar-refractivity contribution in [2.45, 2.75) is 50.9 Å². The molecule has 2 aliphatic heterocycles. The van der Waals surface area contributed by atoms with Gasteiger partial charge in [0.1, 0.15) is 11.8 Å². The van der Waals surface area contributed by atoms with Gasteiger partial charge in [0.15, 0.2) is 0 Å². The number of ketones is 1. The van der Waals surface area contributed by atoms with E-state index in [0.717, 1.165) is 23.3 Å². The Morgan fingerprint density at radius 2 is 1.73 bits per heavy atom. The molecule has 0 spiro atoms. The molecule has 9 heteroatoms.